The molecule has 128 valence electrons. The van der Waals surface area contributed by atoms with Crippen LogP contribution in [0.15, 0.2) is 29.6 Å². The Balaban J connectivity index is 2.23. The van der Waals surface area contributed by atoms with Crippen LogP contribution < -0.4 is 0 Å². The minimum absolute atomic E-state index is 0.0772. The molecule has 0 unspecified atom stereocenters. The van der Waals surface area contributed by atoms with Crippen molar-refractivity contribution in [2.75, 3.05) is 6.54 Å². The Labute approximate surface area is 143 Å². The van der Waals surface area contributed by atoms with E-state index in [1.165, 1.54) is 40.5 Å². The van der Waals surface area contributed by atoms with E-state index in [0.717, 1.165) is 5.01 Å². The zero-order valence-corrected chi connectivity index (χ0v) is 14.6. The molecule has 5 nitrogen and oxygen atoms in total. The number of benzene rings is 1. The lowest BCUT2D eigenvalue weighted by molar-refractivity contribution is -0.137. The third-order valence-corrected chi connectivity index (χ3v) is 4.53. The van der Waals surface area contributed by atoms with E-state index in [2.05, 4.69) is 4.98 Å². The van der Waals surface area contributed by atoms with Gasteiger partial charge < -0.3 is 10.0 Å². The number of rotatable bonds is 5. The molecule has 1 N–H and O–H groups in total. The van der Waals surface area contributed by atoms with E-state index in [-0.39, 0.29) is 23.5 Å². The van der Waals surface area contributed by atoms with Crippen LogP contribution in [0.25, 0.3) is 0 Å². The van der Waals surface area contributed by atoms with Gasteiger partial charge in [0.05, 0.1) is 5.01 Å². The van der Waals surface area contributed by atoms with Gasteiger partial charge in [-0.25, -0.2) is 9.37 Å². The molecule has 2 rings (SSSR count). The van der Waals surface area contributed by atoms with E-state index in [1.54, 1.807) is 5.38 Å². The fourth-order valence-corrected chi connectivity index (χ4v) is 2.93. The highest BCUT2D eigenvalue weighted by molar-refractivity contribution is 7.10. The zero-order valence-electron chi connectivity index (χ0n) is 13.7. The lowest BCUT2D eigenvalue weighted by Crippen LogP contribution is -2.35. The van der Waals surface area contributed by atoms with Gasteiger partial charge in [0.1, 0.15) is 18.1 Å². The Hall–Kier alpha value is -2.28. The number of thiazole rings is 1. The van der Waals surface area contributed by atoms with Gasteiger partial charge in [-0.3, -0.25) is 9.59 Å². The summed E-state index contributed by atoms with van der Waals surface area (Å²) >= 11 is 1.37. The Kier molecular flexibility index (Phi) is 5.33. The lowest BCUT2D eigenvalue weighted by atomic mass is 9.98. The van der Waals surface area contributed by atoms with E-state index >= 15 is 0 Å². The number of carbonyl (C=O) groups excluding carboxylic acids is 1. The van der Waals surface area contributed by atoms with Gasteiger partial charge in [-0.05, 0) is 17.7 Å². The Morgan fingerprint density at radius 2 is 1.88 bits per heavy atom. The third-order valence-electron chi connectivity index (χ3n) is 3.26. The molecule has 0 fully saturated rings. The second kappa shape index (κ2) is 7.09. The summed E-state index contributed by atoms with van der Waals surface area (Å²) < 4.78 is 13.0. The van der Waals surface area contributed by atoms with Crippen molar-refractivity contribution in [3.8, 4) is 0 Å². The highest BCUT2D eigenvalue weighted by Crippen LogP contribution is 2.26. The Bertz CT molecular complexity index is 735. The number of aliphatic carboxylic acids is 1. The molecule has 0 saturated carbocycles. The molecule has 0 saturated heterocycles. The van der Waals surface area contributed by atoms with Gasteiger partial charge in [-0.2, -0.15) is 0 Å². The van der Waals surface area contributed by atoms with Crippen LogP contribution in [0.2, 0.25) is 0 Å². The van der Waals surface area contributed by atoms with Crippen molar-refractivity contribution >= 4 is 23.2 Å². The van der Waals surface area contributed by atoms with E-state index in [9.17, 15) is 14.0 Å². The maximum Gasteiger partial charge on any atom is 0.323 e. The first-order valence-corrected chi connectivity index (χ1v) is 8.26. The molecule has 0 atom stereocenters. The van der Waals surface area contributed by atoms with Crippen molar-refractivity contribution < 1.29 is 19.1 Å². The second-order valence-electron chi connectivity index (χ2n) is 6.47. The van der Waals surface area contributed by atoms with Crippen LogP contribution in [0, 0.1) is 5.82 Å². The van der Waals surface area contributed by atoms with Gasteiger partial charge in [0.2, 0.25) is 0 Å². The van der Waals surface area contributed by atoms with Gasteiger partial charge in [-0.1, -0.05) is 32.9 Å². The zero-order chi connectivity index (χ0) is 17.9. The molecule has 0 radical (unpaired) electrons. The van der Waals surface area contributed by atoms with Crippen molar-refractivity contribution in [1.29, 1.82) is 0 Å². The number of carboxylic acids is 1. The van der Waals surface area contributed by atoms with Crippen LogP contribution in [0.3, 0.4) is 0 Å². The molecule has 24 heavy (non-hydrogen) atoms. The SMILES string of the molecule is CC(C)(C)c1nc(C(=O)N(CC(=O)O)Cc2ccc(F)cc2)cs1. The van der Waals surface area contributed by atoms with E-state index in [0.29, 0.717) is 5.56 Å². The minimum atomic E-state index is -1.11. The third kappa shape index (κ3) is 4.61. The topological polar surface area (TPSA) is 70.5 Å². The molecule has 0 aliphatic heterocycles. The monoisotopic (exact) mass is 350 g/mol. The van der Waals surface area contributed by atoms with Crippen molar-refractivity contribution in [2.24, 2.45) is 0 Å². The number of carbonyl (C=O) groups is 2. The molecule has 0 spiro atoms. The molecule has 0 aliphatic rings. The van der Waals surface area contributed by atoms with Gasteiger partial charge >= 0.3 is 5.97 Å². The fraction of sp³-hybridized carbons (Fsp3) is 0.353. The number of halogens is 1. The lowest BCUT2D eigenvalue weighted by Gasteiger charge is -2.20. The highest BCUT2D eigenvalue weighted by atomic mass is 32.1. The second-order valence-corrected chi connectivity index (χ2v) is 7.33. The number of amides is 1. The molecule has 7 heteroatoms. The van der Waals surface area contributed by atoms with Crippen LogP contribution in [0.5, 0.6) is 0 Å². The molecule has 1 amide bonds. The number of carboxylic acid groups (broad SMARTS) is 1. The van der Waals surface area contributed by atoms with Crippen LogP contribution in [0.4, 0.5) is 4.39 Å². The predicted octanol–water partition coefficient (Wildman–Crippen LogP) is 3.31. The maximum atomic E-state index is 13.0. The Morgan fingerprint density at radius 3 is 2.38 bits per heavy atom. The maximum absolute atomic E-state index is 13.0. The summed E-state index contributed by atoms with van der Waals surface area (Å²) in [5.41, 5.74) is 0.697. The first-order chi connectivity index (χ1) is 11.2. The van der Waals surface area contributed by atoms with Gasteiger partial charge in [-0.15, -0.1) is 11.3 Å². The van der Waals surface area contributed by atoms with Gasteiger partial charge in [0.15, 0.2) is 0 Å². The summed E-state index contributed by atoms with van der Waals surface area (Å²) in [5.74, 6) is -1.95. The molecule has 2 aromatic rings. The first-order valence-electron chi connectivity index (χ1n) is 7.38. The summed E-state index contributed by atoms with van der Waals surface area (Å²) in [6, 6.07) is 5.61. The average Bonchev–Trinajstić information content (AvgIpc) is 2.97. The molecule has 1 heterocycles. The number of hydrogen-bond donors (Lipinski definition) is 1. The summed E-state index contributed by atoms with van der Waals surface area (Å²) in [5, 5.41) is 11.5. The first kappa shape index (κ1) is 18.1. The van der Waals surface area contributed by atoms with E-state index in [4.69, 9.17) is 5.11 Å². The summed E-state index contributed by atoms with van der Waals surface area (Å²) in [7, 11) is 0. The molecule has 1 aromatic heterocycles. The highest BCUT2D eigenvalue weighted by Gasteiger charge is 2.24. The van der Waals surface area contributed by atoms with Crippen LogP contribution >= 0.6 is 11.3 Å². The summed E-state index contributed by atoms with van der Waals surface area (Å²) in [4.78, 5) is 29.2. The number of nitrogens with zero attached hydrogens (tertiary/aromatic N) is 2. The molecule has 0 bridgehead atoms. The van der Waals surface area contributed by atoms with Gasteiger partial charge in [0, 0.05) is 17.3 Å². The largest absolute Gasteiger partial charge is 0.480 e. The standard InChI is InChI=1S/C17H19FN2O3S/c1-17(2,3)16-19-13(10-24-16)15(23)20(9-14(21)22)8-11-4-6-12(18)7-5-11/h4-7,10H,8-9H2,1-3H3,(H,21,22). The van der Waals surface area contributed by atoms with E-state index in [1.807, 2.05) is 20.8 Å². The van der Waals surface area contributed by atoms with Crippen LogP contribution in [0.1, 0.15) is 41.8 Å². The normalized spacial score (nSPS) is 11.3. The Morgan fingerprint density at radius 1 is 1.25 bits per heavy atom. The van der Waals surface area contributed by atoms with Crippen molar-refractivity contribution in [1.82, 2.24) is 9.88 Å². The average molecular weight is 350 g/mol. The van der Waals surface area contributed by atoms with Crippen LogP contribution in [-0.4, -0.2) is 33.4 Å². The molecular weight excluding hydrogens is 331 g/mol. The van der Waals surface area contributed by atoms with Crippen molar-refractivity contribution in [3.05, 3.63) is 51.7 Å². The van der Waals surface area contributed by atoms with E-state index < -0.39 is 18.4 Å². The smallest absolute Gasteiger partial charge is 0.323 e. The molecular formula is C17H19FN2O3S. The fourth-order valence-electron chi connectivity index (χ4n) is 2.05. The summed E-state index contributed by atoms with van der Waals surface area (Å²) in [6.07, 6.45) is 0. The quantitative estimate of drug-likeness (QED) is 0.898. The minimum Gasteiger partial charge on any atom is -0.480 e. The number of aromatic nitrogens is 1. The predicted molar refractivity (Wildman–Crippen MR) is 89.6 cm³/mol. The van der Waals surface area contributed by atoms with Gasteiger partial charge in [0.25, 0.3) is 5.91 Å². The van der Waals surface area contributed by atoms with Crippen molar-refractivity contribution in [2.45, 2.75) is 32.7 Å². The van der Waals surface area contributed by atoms with Crippen molar-refractivity contribution in [3.63, 3.8) is 0 Å². The molecule has 1 aromatic carbocycles. The number of hydrogen-bond acceptors (Lipinski definition) is 4. The van der Waals surface area contributed by atoms with Crippen LogP contribution in [-0.2, 0) is 16.8 Å². The summed E-state index contributed by atoms with van der Waals surface area (Å²) in [6.45, 7) is 5.61. The molecule has 0 aliphatic carbocycles.